The summed E-state index contributed by atoms with van der Waals surface area (Å²) in [6, 6.07) is 17.5. The lowest BCUT2D eigenvalue weighted by molar-refractivity contribution is -0.126. The lowest BCUT2D eigenvalue weighted by Gasteiger charge is -2.29. The van der Waals surface area contributed by atoms with Gasteiger partial charge in [0.25, 0.3) is 5.91 Å². The molecular weight excluding hydrogens is 467 g/mol. The molecule has 2 heterocycles. The number of imide groups is 1. The monoisotopic (exact) mass is 484 g/mol. The molecule has 0 saturated carbocycles. The molecule has 2 fully saturated rings. The number of rotatable bonds is 4. The zero-order valence-electron chi connectivity index (χ0n) is 17.3. The van der Waals surface area contributed by atoms with Crippen LogP contribution in [0, 0.1) is 5.92 Å². The van der Waals surface area contributed by atoms with Gasteiger partial charge in [0.05, 0.1) is 24.5 Å². The minimum Gasteiger partial charge on any atom is -0.504 e. The van der Waals surface area contributed by atoms with Gasteiger partial charge in [-0.3, -0.25) is 14.4 Å². The fourth-order valence-electron chi connectivity index (χ4n) is 4.29. The van der Waals surface area contributed by atoms with E-state index in [-0.39, 0.29) is 17.4 Å². The highest BCUT2D eigenvalue weighted by Crippen LogP contribution is 2.48. The second-order valence-electron chi connectivity index (χ2n) is 7.72. The molecule has 2 aliphatic rings. The number of benzene rings is 3. The van der Waals surface area contributed by atoms with Gasteiger partial charge in [-0.25, -0.2) is 9.96 Å². The average Bonchev–Trinajstić information content (AvgIpc) is 3.32. The van der Waals surface area contributed by atoms with Crippen molar-refractivity contribution in [2.45, 2.75) is 12.1 Å². The smallest absolute Gasteiger partial charge is 0.266 e. The van der Waals surface area contributed by atoms with Gasteiger partial charge in [-0.15, -0.1) is 0 Å². The third-order valence-electron chi connectivity index (χ3n) is 5.83. The SMILES string of the molecule is COc1cc([C@@H]2[C@H]3C(=O)N(c4ccc(Cl)cc4)C(=O)[C@H]3ON2c2ccc(Cl)cc2)ccc1O. The number of carbonyl (C=O) groups excluding carboxylic acids is 2. The van der Waals surface area contributed by atoms with Crippen molar-refractivity contribution in [1.29, 1.82) is 0 Å². The number of hydroxylamine groups is 1. The number of aromatic hydroxyl groups is 1. The van der Waals surface area contributed by atoms with Crippen molar-refractivity contribution in [3.63, 3.8) is 0 Å². The highest BCUT2D eigenvalue weighted by Gasteiger charge is 2.60. The average molecular weight is 485 g/mol. The maximum absolute atomic E-state index is 13.6. The number of hydrogen-bond acceptors (Lipinski definition) is 6. The van der Waals surface area contributed by atoms with Crippen LogP contribution in [0.2, 0.25) is 10.0 Å². The Kier molecular flexibility index (Phi) is 5.40. The molecule has 2 amide bonds. The molecule has 9 heteroatoms. The summed E-state index contributed by atoms with van der Waals surface area (Å²) in [6.45, 7) is 0. The van der Waals surface area contributed by atoms with Crippen LogP contribution in [0.4, 0.5) is 11.4 Å². The molecule has 3 aromatic carbocycles. The van der Waals surface area contributed by atoms with E-state index in [4.69, 9.17) is 32.8 Å². The van der Waals surface area contributed by atoms with Gasteiger partial charge in [0.2, 0.25) is 5.91 Å². The third-order valence-corrected chi connectivity index (χ3v) is 6.33. The van der Waals surface area contributed by atoms with Crippen LogP contribution in [0.15, 0.2) is 66.7 Å². The van der Waals surface area contributed by atoms with E-state index >= 15 is 0 Å². The van der Waals surface area contributed by atoms with Gasteiger partial charge in [-0.2, -0.15) is 0 Å². The minimum absolute atomic E-state index is 0.0358. The lowest BCUT2D eigenvalue weighted by atomic mass is 9.90. The molecule has 0 radical (unpaired) electrons. The standard InChI is InChI=1S/C24H18Cl2N2O5/c1-32-19-12-13(2-11-18(19)29)21-20-22(33-28(21)17-9-5-15(26)6-10-17)24(31)27(23(20)30)16-7-3-14(25)4-8-16/h2-12,20-22,29H,1H3/t20-,21-,22+/m1/s1. The van der Waals surface area contributed by atoms with E-state index < -0.39 is 24.0 Å². The number of nitrogens with zero attached hydrogens (tertiary/aromatic N) is 2. The quantitative estimate of drug-likeness (QED) is 0.537. The summed E-state index contributed by atoms with van der Waals surface area (Å²) in [7, 11) is 1.44. The summed E-state index contributed by atoms with van der Waals surface area (Å²) >= 11 is 12.0. The van der Waals surface area contributed by atoms with Crippen LogP contribution in [-0.4, -0.2) is 30.1 Å². The molecule has 0 spiro atoms. The number of halogens is 2. The molecule has 33 heavy (non-hydrogen) atoms. The summed E-state index contributed by atoms with van der Waals surface area (Å²) in [4.78, 5) is 34.1. The Hall–Kier alpha value is -3.26. The van der Waals surface area contributed by atoms with Gasteiger partial charge in [-0.1, -0.05) is 29.3 Å². The first-order valence-electron chi connectivity index (χ1n) is 10.1. The number of ether oxygens (including phenoxy) is 1. The van der Waals surface area contributed by atoms with Gasteiger partial charge in [0, 0.05) is 10.0 Å². The van der Waals surface area contributed by atoms with Gasteiger partial charge >= 0.3 is 0 Å². The minimum atomic E-state index is -1.02. The van der Waals surface area contributed by atoms with Crippen molar-refractivity contribution in [2.75, 3.05) is 17.1 Å². The van der Waals surface area contributed by atoms with Crippen molar-refractivity contribution in [3.05, 3.63) is 82.3 Å². The molecular formula is C24H18Cl2N2O5. The van der Waals surface area contributed by atoms with E-state index in [1.54, 1.807) is 65.7 Å². The van der Waals surface area contributed by atoms with Crippen molar-refractivity contribution in [3.8, 4) is 11.5 Å². The predicted molar refractivity (Wildman–Crippen MR) is 124 cm³/mol. The van der Waals surface area contributed by atoms with Crippen LogP contribution >= 0.6 is 23.2 Å². The molecule has 0 aromatic heterocycles. The highest BCUT2D eigenvalue weighted by atomic mass is 35.5. The zero-order valence-corrected chi connectivity index (χ0v) is 18.8. The second-order valence-corrected chi connectivity index (χ2v) is 8.59. The Balaban J connectivity index is 1.60. The fourth-order valence-corrected chi connectivity index (χ4v) is 4.54. The zero-order chi connectivity index (χ0) is 23.3. The maximum Gasteiger partial charge on any atom is 0.266 e. The number of amides is 2. The van der Waals surface area contributed by atoms with E-state index in [0.717, 1.165) is 4.90 Å². The van der Waals surface area contributed by atoms with Gasteiger partial charge in [0.15, 0.2) is 17.6 Å². The molecule has 3 atom stereocenters. The number of anilines is 2. The molecule has 1 N–H and O–H groups in total. The van der Waals surface area contributed by atoms with Crippen LogP contribution in [0.1, 0.15) is 11.6 Å². The second kappa shape index (κ2) is 8.26. The Morgan fingerprint density at radius 3 is 2.09 bits per heavy atom. The first kappa shape index (κ1) is 21.6. The number of hydrogen-bond donors (Lipinski definition) is 1. The van der Waals surface area contributed by atoms with E-state index in [1.807, 2.05) is 0 Å². The van der Waals surface area contributed by atoms with Crippen LogP contribution < -0.4 is 14.7 Å². The first-order chi connectivity index (χ1) is 15.9. The fraction of sp³-hybridized carbons (Fsp3) is 0.167. The number of carbonyl (C=O) groups is 2. The maximum atomic E-state index is 13.6. The summed E-state index contributed by atoms with van der Waals surface area (Å²) in [5, 5.41) is 12.7. The van der Waals surface area contributed by atoms with Crippen LogP contribution in [0.3, 0.4) is 0 Å². The number of methoxy groups -OCH3 is 1. The van der Waals surface area contributed by atoms with E-state index in [9.17, 15) is 14.7 Å². The van der Waals surface area contributed by atoms with E-state index in [2.05, 4.69) is 0 Å². The Morgan fingerprint density at radius 2 is 1.48 bits per heavy atom. The van der Waals surface area contributed by atoms with Gasteiger partial charge in [-0.05, 0) is 66.2 Å². The van der Waals surface area contributed by atoms with Gasteiger partial charge in [0.1, 0.15) is 5.92 Å². The summed E-state index contributed by atoms with van der Waals surface area (Å²) in [5.74, 6) is -1.46. The topological polar surface area (TPSA) is 79.3 Å². The van der Waals surface area contributed by atoms with Crippen molar-refractivity contribution < 1.29 is 24.3 Å². The molecule has 7 nitrogen and oxygen atoms in total. The molecule has 3 aromatic rings. The number of phenols is 1. The predicted octanol–water partition coefficient (Wildman–Crippen LogP) is 4.76. The van der Waals surface area contributed by atoms with Crippen LogP contribution in [-0.2, 0) is 14.4 Å². The lowest BCUT2D eigenvalue weighted by Crippen LogP contribution is -2.37. The third kappa shape index (κ3) is 3.58. The van der Waals surface area contributed by atoms with E-state index in [0.29, 0.717) is 27.0 Å². The first-order valence-corrected chi connectivity index (χ1v) is 10.9. The molecule has 0 bridgehead atoms. The molecule has 2 saturated heterocycles. The van der Waals surface area contributed by atoms with Gasteiger partial charge < -0.3 is 9.84 Å². The highest BCUT2D eigenvalue weighted by molar-refractivity contribution is 6.31. The Labute approximate surface area is 199 Å². The van der Waals surface area contributed by atoms with Crippen molar-refractivity contribution in [1.82, 2.24) is 0 Å². The molecule has 0 aliphatic carbocycles. The number of fused-ring (bicyclic) bond motifs is 1. The summed E-state index contributed by atoms with van der Waals surface area (Å²) in [5.41, 5.74) is 1.70. The molecule has 5 rings (SSSR count). The summed E-state index contributed by atoms with van der Waals surface area (Å²) in [6.07, 6.45) is -1.02. The molecule has 0 unspecified atom stereocenters. The number of phenolic OH excluding ortho intramolecular Hbond substituents is 1. The Morgan fingerprint density at radius 1 is 0.879 bits per heavy atom. The van der Waals surface area contributed by atoms with E-state index in [1.165, 1.54) is 13.2 Å². The molecule has 2 aliphatic heterocycles. The summed E-state index contributed by atoms with van der Waals surface area (Å²) < 4.78 is 5.26. The van der Waals surface area contributed by atoms with Crippen LogP contribution in [0.5, 0.6) is 11.5 Å². The Bertz CT molecular complexity index is 1230. The van der Waals surface area contributed by atoms with Crippen molar-refractivity contribution in [2.24, 2.45) is 5.92 Å². The largest absolute Gasteiger partial charge is 0.504 e. The normalized spacial score (nSPS) is 22.1. The molecule has 168 valence electrons. The van der Waals surface area contributed by atoms with Crippen LogP contribution in [0.25, 0.3) is 0 Å². The van der Waals surface area contributed by atoms with Crippen molar-refractivity contribution >= 4 is 46.4 Å².